The molecule has 0 radical (unpaired) electrons. The van der Waals surface area contributed by atoms with Crippen molar-refractivity contribution in [3.63, 3.8) is 0 Å². The van der Waals surface area contributed by atoms with Crippen LogP contribution < -0.4 is 10.2 Å². The Kier molecular flexibility index (Phi) is 5.48. The molecule has 0 aromatic heterocycles. The number of rotatable bonds is 6. The predicted octanol–water partition coefficient (Wildman–Crippen LogP) is 4.16. The number of hydrogen-bond acceptors (Lipinski definition) is 3. The Labute approximate surface area is 131 Å². The third kappa shape index (κ3) is 4.38. The topological polar surface area (TPSA) is 24.5 Å². The quantitative estimate of drug-likeness (QED) is 0.867. The molecule has 0 saturated heterocycles. The number of nitrogens with zero attached hydrogens (tertiary/aromatic N) is 1. The number of methoxy groups -OCH3 is 1. The first-order valence-electron chi connectivity index (χ1n) is 6.87. The van der Waals surface area contributed by atoms with Crippen LogP contribution in [-0.4, -0.2) is 21.2 Å². The fourth-order valence-corrected chi connectivity index (χ4v) is 2.45. The van der Waals surface area contributed by atoms with Gasteiger partial charge in [0.1, 0.15) is 0 Å². The smallest absolute Gasteiger partial charge is 0.0713 e. The molecule has 2 rings (SSSR count). The number of nitrogens with one attached hydrogen (secondary N) is 1. The van der Waals surface area contributed by atoms with Crippen LogP contribution in [0.5, 0.6) is 0 Å². The monoisotopic (exact) mass is 304 g/mol. The van der Waals surface area contributed by atoms with Gasteiger partial charge in [0.2, 0.25) is 0 Å². The summed E-state index contributed by atoms with van der Waals surface area (Å²) in [6.45, 7) is 1.42. The van der Waals surface area contributed by atoms with Crippen LogP contribution in [0.25, 0.3) is 0 Å². The Morgan fingerprint density at radius 3 is 2.29 bits per heavy atom. The van der Waals surface area contributed by atoms with Crippen molar-refractivity contribution in [1.82, 2.24) is 0 Å². The minimum Gasteiger partial charge on any atom is -0.381 e. The molecular formula is C17H21ClN2O. The van der Waals surface area contributed by atoms with Crippen LogP contribution in [0.2, 0.25) is 5.02 Å². The highest BCUT2D eigenvalue weighted by molar-refractivity contribution is 6.33. The molecule has 2 aromatic carbocycles. The molecule has 0 unspecified atom stereocenters. The SMILES string of the molecule is COCc1ccc(CNc2ccc(N(C)C)c(Cl)c2)cc1. The van der Waals surface area contributed by atoms with E-state index in [1.165, 1.54) is 11.1 Å². The summed E-state index contributed by atoms with van der Waals surface area (Å²) in [5.74, 6) is 0. The normalized spacial score (nSPS) is 10.5. The van der Waals surface area contributed by atoms with Crippen molar-refractivity contribution in [3.8, 4) is 0 Å². The standard InChI is InChI=1S/C17H21ClN2O/c1-20(2)17-9-8-15(10-16(17)18)19-11-13-4-6-14(7-5-13)12-21-3/h4-10,19H,11-12H2,1-3H3. The minimum atomic E-state index is 0.648. The Morgan fingerprint density at radius 1 is 1.05 bits per heavy atom. The average Bonchev–Trinajstić information content (AvgIpc) is 2.46. The molecule has 2 aromatic rings. The van der Waals surface area contributed by atoms with E-state index in [4.69, 9.17) is 16.3 Å². The summed E-state index contributed by atoms with van der Waals surface area (Å²) in [5, 5.41) is 4.14. The van der Waals surface area contributed by atoms with Crippen molar-refractivity contribution in [3.05, 3.63) is 58.6 Å². The lowest BCUT2D eigenvalue weighted by Crippen LogP contribution is -2.09. The van der Waals surface area contributed by atoms with Crippen molar-refractivity contribution in [2.24, 2.45) is 0 Å². The molecule has 0 aliphatic heterocycles. The van der Waals surface area contributed by atoms with Gasteiger partial charge in [0.25, 0.3) is 0 Å². The van der Waals surface area contributed by atoms with Gasteiger partial charge in [-0.2, -0.15) is 0 Å². The van der Waals surface area contributed by atoms with Crippen LogP contribution in [0.3, 0.4) is 0 Å². The molecule has 3 nitrogen and oxygen atoms in total. The van der Waals surface area contributed by atoms with Crippen LogP contribution in [0.4, 0.5) is 11.4 Å². The Morgan fingerprint density at radius 2 is 1.71 bits per heavy atom. The van der Waals surface area contributed by atoms with Gasteiger partial charge in [0.05, 0.1) is 17.3 Å². The van der Waals surface area contributed by atoms with Crippen LogP contribution in [0, 0.1) is 0 Å². The second-order valence-electron chi connectivity index (χ2n) is 5.16. The number of halogens is 1. The van der Waals surface area contributed by atoms with Gasteiger partial charge in [-0.3, -0.25) is 0 Å². The average molecular weight is 305 g/mol. The van der Waals surface area contributed by atoms with Gasteiger partial charge >= 0.3 is 0 Å². The molecular weight excluding hydrogens is 284 g/mol. The molecule has 4 heteroatoms. The van der Waals surface area contributed by atoms with E-state index in [2.05, 4.69) is 29.6 Å². The van der Waals surface area contributed by atoms with Crippen LogP contribution in [0.15, 0.2) is 42.5 Å². The molecule has 21 heavy (non-hydrogen) atoms. The molecule has 112 valence electrons. The van der Waals surface area contributed by atoms with Crippen molar-refractivity contribution in [2.75, 3.05) is 31.4 Å². The summed E-state index contributed by atoms with van der Waals surface area (Å²) in [4.78, 5) is 2.00. The summed E-state index contributed by atoms with van der Waals surface area (Å²) >= 11 is 6.27. The third-order valence-corrected chi connectivity index (χ3v) is 3.56. The lowest BCUT2D eigenvalue weighted by atomic mass is 10.1. The lowest BCUT2D eigenvalue weighted by Gasteiger charge is -2.15. The van der Waals surface area contributed by atoms with E-state index >= 15 is 0 Å². The van der Waals surface area contributed by atoms with E-state index < -0.39 is 0 Å². The molecule has 0 bridgehead atoms. The molecule has 0 heterocycles. The second kappa shape index (κ2) is 7.34. The van der Waals surface area contributed by atoms with Gasteiger partial charge in [-0.1, -0.05) is 35.9 Å². The molecule has 1 N–H and O–H groups in total. The maximum Gasteiger partial charge on any atom is 0.0713 e. The fourth-order valence-electron chi connectivity index (χ4n) is 2.10. The molecule has 0 fully saturated rings. The number of ether oxygens (including phenoxy) is 1. The van der Waals surface area contributed by atoms with E-state index in [0.717, 1.165) is 22.9 Å². The Balaban J connectivity index is 1.98. The maximum absolute atomic E-state index is 6.27. The summed E-state index contributed by atoms with van der Waals surface area (Å²) in [6.07, 6.45) is 0. The zero-order chi connectivity index (χ0) is 15.2. The first-order chi connectivity index (χ1) is 10.1. The van der Waals surface area contributed by atoms with Crippen molar-refractivity contribution in [2.45, 2.75) is 13.2 Å². The second-order valence-corrected chi connectivity index (χ2v) is 5.57. The molecule has 0 spiro atoms. The number of hydrogen-bond donors (Lipinski definition) is 1. The highest BCUT2D eigenvalue weighted by Crippen LogP contribution is 2.27. The third-order valence-electron chi connectivity index (χ3n) is 3.26. The van der Waals surface area contributed by atoms with Crippen molar-refractivity contribution >= 4 is 23.0 Å². The molecule has 0 aliphatic carbocycles. The van der Waals surface area contributed by atoms with Crippen LogP contribution in [0.1, 0.15) is 11.1 Å². The lowest BCUT2D eigenvalue weighted by molar-refractivity contribution is 0.185. The highest BCUT2D eigenvalue weighted by Gasteiger charge is 2.03. The molecule has 0 amide bonds. The fraction of sp³-hybridized carbons (Fsp3) is 0.294. The molecule has 0 aliphatic rings. The maximum atomic E-state index is 6.27. The predicted molar refractivity (Wildman–Crippen MR) is 90.3 cm³/mol. The van der Waals surface area contributed by atoms with E-state index in [9.17, 15) is 0 Å². The Bertz CT molecular complexity index is 582. The van der Waals surface area contributed by atoms with E-state index in [1.54, 1.807) is 7.11 Å². The zero-order valence-electron chi connectivity index (χ0n) is 12.7. The minimum absolute atomic E-state index is 0.648. The number of benzene rings is 2. The van der Waals surface area contributed by atoms with Crippen molar-refractivity contribution < 1.29 is 4.74 Å². The largest absolute Gasteiger partial charge is 0.381 e. The summed E-state index contributed by atoms with van der Waals surface area (Å²) in [5.41, 5.74) is 4.44. The zero-order valence-corrected chi connectivity index (χ0v) is 13.4. The van der Waals surface area contributed by atoms with Crippen LogP contribution >= 0.6 is 11.6 Å². The highest BCUT2D eigenvalue weighted by atomic mass is 35.5. The first-order valence-corrected chi connectivity index (χ1v) is 7.25. The number of anilines is 2. The Hall–Kier alpha value is -1.71. The summed E-state index contributed by atoms with van der Waals surface area (Å²) in [6, 6.07) is 14.4. The van der Waals surface area contributed by atoms with Gasteiger partial charge in [0.15, 0.2) is 0 Å². The van der Waals surface area contributed by atoms with Gasteiger partial charge in [-0.05, 0) is 29.3 Å². The van der Waals surface area contributed by atoms with Gasteiger partial charge in [-0.25, -0.2) is 0 Å². The van der Waals surface area contributed by atoms with Gasteiger partial charge in [0, 0.05) is 33.4 Å². The van der Waals surface area contributed by atoms with E-state index in [0.29, 0.717) is 6.61 Å². The van der Waals surface area contributed by atoms with Gasteiger partial charge < -0.3 is 15.0 Å². The first kappa shape index (κ1) is 15.7. The summed E-state index contributed by atoms with van der Waals surface area (Å²) in [7, 11) is 5.67. The van der Waals surface area contributed by atoms with E-state index in [1.807, 2.05) is 37.2 Å². The molecule has 0 saturated carbocycles. The van der Waals surface area contributed by atoms with Crippen molar-refractivity contribution in [1.29, 1.82) is 0 Å². The molecule has 0 atom stereocenters. The van der Waals surface area contributed by atoms with E-state index in [-0.39, 0.29) is 0 Å². The van der Waals surface area contributed by atoms with Crippen LogP contribution in [-0.2, 0) is 17.9 Å². The summed E-state index contributed by atoms with van der Waals surface area (Å²) < 4.78 is 5.11. The van der Waals surface area contributed by atoms with Gasteiger partial charge in [-0.15, -0.1) is 0 Å².